The molecule has 0 aromatic rings. The molecule has 0 rings (SSSR count). The molecule has 104 valence electrons. The molecular weight excluding hydrogens is 240 g/mol. The van der Waals surface area contributed by atoms with E-state index >= 15 is 0 Å². The van der Waals surface area contributed by atoms with Crippen molar-refractivity contribution in [1.29, 1.82) is 0 Å². The smallest absolute Gasteiger partial charge is 0.347 e. The van der Waals surface area contributed by atoms with Crippen LogP contribution < -0.4 is 0 Å². The summed E-state index contributed by atoms with van der Waals surface area (Å²) in [6.07, 6.45) is -0.802. The molecule has 0 radical (unpaired) electrons. The Labute approximate surface area is 106 Å². The van der Waals surface area contributed by atoms with Gasteiger partial charge < -0.3 is 14.6 Å². The van der Waals surface area contributed by atoms with Crippen LogP contribution in [-0.2, 0) is 23.9 Å². The predicted octanol–water partition coefficient (Wildman–Crippen LogP) is 1.23. The van der Waals surface area contributed by atoms with Gasteiger partial charge in [-0.05, 0) is 20.3 Å². The Hall–Kier alpha value is -1.59. The highest BCUT2D eigenvalue weighted by atomic mass is 16.6. The number of hydrogen-bond acceptors (Lipinski definition) is 5. The van der Waals surface area contributed by atoms with Gasteiger partial charge in [0, 0.05) is 0 Å². The van der Waals surface area contributed by atoms with Crippen molar-refractivity contribution in [2.24, 2.45) is 11.8 Å². The molecule has 0 heterocycles. The number of carboxylic acids is 1. The van der Waals surface area contributed by atoms with E-state index in [0.717, 1.165) is 0 Å². The monoisotopic (exact) mass is 260 g/mol. The maximum atomic E-state index is 11.6. The first-order chi connectivity index (χ1) is 8.29. The summed E-state index contributed by atoms with van der Waals surface area (Å²) in [4.78, 5) is 33.5. The van der Waals surface area contributed by atoms with Crippen molar-refractivity contribution in [1.82, 2.24) is 0 Å². The lowest BCUT2D eigenvalue weighted by molar-refractivity contribution is -0.169. The van der Waals surface area contributed by atoms with Crippen LogP contribution in [0.2, 0.25) is 0 Å². The molecule has 3 atom stereocenters. The highest BCUT2D eigenvalue weighted by Crippen LogP contribution is 2.14. The molecule has 3 unspecified atom stereocenters. The SMILES string of the molecule is CCOC(=O)C(C)OC(=O)C(C)CC(C)C(=O)O. The van der Waals surface area contributed by atoms with Gasteiger partial charge in [0.05, 0.1) is 18.4 Å². The quantitative estimate of drug-likeness (QED) is 0.692. The van der Waals surface area contributed by atoms with Gasteiger partial charge >= 0.3 is 17.9 Å². The summed E-state index contributed by atoms with van der Waals surface area (Å²) in [6.45, 7) is 6.37. The molecule has 0 aromatic carbocycles. The lowest BCUT2D eigenvalue weighted by atomic mass is 9.98. The zero-order valence-electron chi connectivity index (χ0n) is 11.1. The molecule has 6 heteroatoms. The van der Waals surface area contributed by atoms with Crippen LogP contribution in [0.15, 0.2) is 0 Å². The van der Waals surface area contributed by atoms with E-state index in [4.69, 9.17) is 14.6 Å². The third kappa shape index (κ3) is 5.65. The average Bonchev–Trinajstić information content (AvgIpc) is 2.28. The van der Waals surface area contributed by atoms with Crippen molar-refractivity contribution < 1.29 is 29.0 Å². The molecule has 0 saturated heterocycles. The fraction of sp³-hybridized carbons (Fsp3) is 0.750. The topological polar surface area (TPSA) is 89.9 Å². The Morgan fingerprint density at radius 3 is 2.06 bits per heavy atom. The molecule has 0 fully saturated rings. The summed E-state index contributed by atoms with van der Waals surface area (Å²) in [6, 6.07) is 0. The zero-order chi connectivity index (χ0) is 14.3. The molecule has 0 aromatic heterocycles. The zero-order valence-corrected chi connectivity index (χ0v) is 11.1. The Balaban J connectivity index is 4.23. The van der Waals surface area contributed by atoms with E-state index in [1.807, 2.05) is 0 Å². The van der Waals surface area contributed by atoms with Crippen molar-refractivity contribution in [3.8, 4) is 0 Å². The third-order valence-electron chi connectivity index (χ3n) is 2.44. The number of ether oxygens (including phenoxy) is 2. The van der Waals surface area contributed by atoms with E-state index in [9.17, 15) is 14.4 Å². The van der Waals surface area contributed by atoms with Crippen LogP contribution in [0.1, 0.15) is 34.1 Å². The van der Waals surface area contributed by atoms with Crippen molar-refractivity contribution >= 4 is 17.9 Å². The van der Waals surface area contributed by atoms with Crippen molar-refractivity contribution in [2.45, 2.75) is 40.2 Å². The molecule has 0 aliphatic rings. The van der Waals surface area contributed by atoms with Gasteiger partial charge in [-0.1, -0.05) is 13.8 Å². The average molecular weight is 260 g/mol. The Morgan fingerprint density at radius 2 is 1.61 bits per heavy atom. The van der Waals surface area contributed by atoms with Gasteiger partial charge in [0.2, 0.25) is 0 Å². The Kier molecular flexibility index (Phi) is 7.00. The normalized spacial score (nSPS) is 15.3. The van der Waals surface area contributed by atoms with Gasteiger partial charge in [0.15, 0.2) is 6.10 Å². The van der Waals surface area contributed by atoms with Crippen molar-refractivity contribution in [2.75, 3.05) is 6.61 Å². The van der Waals surface area contributed by atoms with E-state index < -0.39 is 35.8 Å². The summed E-state index contributed by atoms with van der Waals surface area (Å²) in [7, 11) is 0. The maximum absolute atomic E-state index is 11.6. The van der Waals surface area contributed by atoms with Gasteiger partial charge in [0.25, 0.3) is 0 Å². The highest BCUT2D eigenvalue weighted by molar-refractivity contribution is 5.80. The number of carbonyl (C=O) groups excluding carboxylic acids is 2. The van der Waals surface area contributed by atoms with Gasteiger partial charge in [-0.3, -0.25) is 9.59 Å². The second-order valence-corrected chi connectivity index (χ2v) is 4.21. The molecule has 0 amide bonds. The van der Waals surface area contributed by atoms with Gasteiger partial charge in [-0.25, -0.2) is 4.79 Å². The standard InChI is InChI=1S/C12H20O6/c1-5-17-12(16)9(4)18-11(15)8(3)6-7(2)10(13)14/h7-9H,5-6H2,1-4H3,(H,13,14). The summed E-state index contributed by atoms with van der Waals surface area (Å²) in [5, 5.41) is 8.73. The molecule has 0 spiro atoms. The molecule has 1 N–H and O–H groups in total. The highest BCUT2D eigenvalue weighted by Gasteiger charge is 2.25. The number of aliphatic carboxylic acids is 1. The summed E-state index contributed by atoms with van der Waals surface area (Å²) >= 11 is 0. The van der Waals surface area contributed by atoms with Gasteiger partial charge in [-0.2, -0.15) is 0 Å². The first-order valence-corrected chi connectivity index (χ1v) is 5.89. The minimum Gasteiger partial charge on any atom is -0.481 e. The molecule has 0 aliphatic heterocycles. The molecule has 18 heavy (non-hydrogen) atoms. The number of carboxylic acid groups (broad SMARTS) is 1. The summed E-state index contributed by atoms with van der Waals surface area (Å²) in [5.74, 6) is -3.38. The number of carbonyl (C=O) groups is 3. The lowest BCUT2D eigenvalue weighted by Gasteiger charge is -2.16. The predicted molar refractivity (Wildman–Crippen MR) is 62.8 cm³/mol. The third-order valence-corrected chi connectivity index (χ3v) is 2.44. The first kappa shape index (κ1) is 16.4. The van der Waals surface area contributed by atoms with Crippen LogP contribution in [0.4, 0.5) is 0 Å². The molecule has 0 bridgehead atoms. The van der Waals surface area contributed by atoms with E-state index in [-0.39, 0.29) is 13.0 Å². The minimum absolute atomic E-state index is 0.170. The van der Waals surface area contributed by atoms with Crippen molar-refractivity contribution in [3.63, 3.8) is 0 Å². The minimum atomic E-state index is -0.972. The number of rotatable bonds is 7. The van der Waals surface area contributed by atoms with E-state index in [1.165, 1.54) is 13.8 Å². The lowest BCUT2D eigenvalue weighted by Crippen LogP contribution is -2.30. The molecular formula is C12H20O6. The molecule has 0 saturated carbocycles. The van der Waals surface area contributed by atoms with Crippen LogP contribution in [0.25, 0.3) is 0 Å². The summed E-state index contributed by atoms with van der Waals surface area (Å²) < 4.78 is 9.59. The van der Waals surface area contributed by atoms with Crippen molar-refractivity contribution in [3.05, 3.63) is 0 Å². The number of esters is 2. The largest absolute Gasteiger partial charge is 0.481 e. The number of hydrogen-bond donors (Lipinski definition) is 1. The Morgan fingerprint density at radius 1 is 1.06 bits per heavy atom. The van der Waals surface area contributed by atoms with E-state index in [1.54, 1.807) is 13.8 Å². The maximum Gasteiger partial charge on any atom is 0.347 e. The van der Waals surface area contributed by atoms with Crippen LogP contribution in [0.3, 0.4) is 0 Å². The Bertz CT molecular complexity index is 312. The van der Waals surface area contributed by atoms with Crippen LogP contribution in [0.5, 0.6) is 0 Å². The second-order valence-electron chi connectivity index (χ2n) is 4.21. The van der Waals surface area contributed by atoms with Crippen LogP contribution in [-0.4, -0.2) is 35.7 Å². The second kappa shape index (κ2) is 7.68. The van der Waals surface area contributed by atoms with Gasteiger partial charge in [0.1, 0.15) is 0 Å². The fourth-order valence-corrected chi connectivity index (χ4v) is 1.33. The summed E-state index contributed by atoms with van der Waals surface area (Å²) in [5.41, 5.74) is 0. The molecule has 0 aliphatic carbocycles. The van der Waals surface area contributed by atoms with E-state index in [0.29, 0.717) is 0 Å². The molecule has 6 nitrogen and oxygen atoms in total. The van der Waals surface area contributed by atoms with Crippen LogP contribution in [0, 0.1) is 11.8 Å². The first-order valence-electron chi connectivity index (χ1n) is 5.89. The van der Waals surface area contributed by atoms with Crippen LogP contribution >= 0.6 is 0 Å². The fourth-order valence-electron chi connectivity index (χ4n) is 1.33. The van der Waals surface area contributed by atoms with Gasteiger partial charge in [-0.15, -0.1) is 0 Å². The van der Waals surface area contributed by atoms with E-state index in [2.05, 4.69) is 0 Å².